The van der Waals surface area contributed by atoms with Crippen LogP contribution in [0.1, 0.15) is 5.56 Å². The monoisotopic (exact) mass is 440 g/mol. The summed E-state index contributed by atoms with van der Waals surface area (Å²) in [5.74, 6) is -0.374. The molecule has 7 heteroatoms. The number of anilines is 1. The van der Waals surface area contributed by atoms with Crippen LogP contribution in [0, 0.1) is 0 Å². The number of carbonyl (C=O) groups excluding carboxylic acids is 1. The van der Waals surface area contributed by atoms with Crippen molar-refractivity contribution in [3.63, 3.8) is 0 Å². The van der Waals surface area contributed by atoms with E-state index in [1.54, 1.807) is 48.2 Å². The Bertz CT molecular complexity index is 1070. The van der Waals surface area contributed by atoms with E-state index < -0.39 is 10.0 Å². The van der Waals surface area contributed by atoms with Crippen molar-refractivity contribution in [3.05, 3.63) is 90.5 Å². The van der Waals surface area contributed by atoms with Gasteiger partial charge in [0, 0.05) is 17.1 Å². The van der Waals surface area contributed by atoms with Crippen LogP contribution in [0.4, 0.5) is 5.69 Å². The van der Waals surface area contributed by atoms with Crippen molar-refractivity contribution in [3.8, 4) is 0 Å². The largest absolute Gasteiger partial charge is 0.325 e. The van der Waals surface area contributed by atoms with Crippen molar-refractivity contribution < 1.29 is 13.2 Å². The van der Waals surface area contributed by atoms with Gasteiger partial charge in [0.1, 0.15) is 0 Å². The SMILES string of the molecule is CSc1cccc(NC(=O)CN(CCc2ccccc2)S(=O)(=O)c2ccccc2)c1. The van der Waals surface area contributed by atoms with Crippen LogP contribution in [0.2, 0.25) is 0 Å². The zero-order valence-electron chi connectivity index (χ0n) is 16.7. The molecule has 3 aromatic rings. The number of carbonyl (C=O) groups is 1. The van der Waals surface area contributed by atoms with E-state index in [1.807, 2.05) is 54.8 Å². The second kappa shape index (κ2) is 10.4. The maximum absolute atomic E-state index is 13.2. The van der Waals surface area contributed by atoms with Gasteiger partial charge in [0.2, 0.25) is 15.9 Å². The predicted molar refractivity (Wildman–Crippen MR) is 122 cm³/mol. The number of rotatable bonds is 9. The van der Waals surface area contributed by atoms with E-state index in [-0.39, 0.29) is 23.9 Å². The fourth-order valence-electron chi connectivity index (χ4n) is 2.99. The van der Waals surface area contributed by atoms with Crippen LogP contribution in [0.15, 0.2) is 94.7 Å². The summed E-state index contributed by atoms with van der Waals surface area (Å²) in [5.41, 5.74) is 1.66. The Morgan fingerprint density at radius 1 is 0.933 bits per heavy atom. The lowest BCUT2D eigenvalue weighted by molar-refractivity contribution is -0.116. The van der Waals surface area contributed by atoms with Crippen LogP contribution < -0.4 is 5.32 Å². The molecule has 30 heavy (non-hydrogen) atoms. The van der Waals surface area contributed by atoms with Crippen molar-refractivity contribution in [1.82, 2.24) is 4.31 Å². The van der Waals surface area contributed by atoms with Gasteiger partial charge in [0.05, 0.1) is 11.4 Å². The summed E-state index contributed by atoms with van der Waals surface area (Å²) >= 11 is 1.57. The van der Waals surface area contributed by atoms with Gasteiger partial charge in [-0.1, -0.05) is 54.6 Å². The topological polar surface area (TPSA) is 66.5 Å². The highest BCUT2D eigenvalue weighted by molar-refractivity contribution is 7.98. The molecule has 1 amide bonds. The number of thioether (sulfide) groups is 1. The van der Waals surface area contributed by atoms with E-state index in [1.165, 1.54) is 4.31 Å². The summed E-state index contributed by atoms with van der Waals surface area (Å²) in [7, 11) is -3.80. The molecule has 0 aliphatic heterocycles. The van der Waals surface area contributed by atoms with Crippen molar-refractivity contribution in [2.24, 2.45) is 0 Å². The Morgan fingerprint density at radius 3 is 2.27 bits per heavy atom. The molecule has 0 radical (unpaired) electrons. The molecule has 0 saturated heterocycles. The van der Waals surface area contributed by atoms with Crippen LogP contribution in [0.5, 0.6) is 0 Å². The first kappa shape index (κ1) is 22.1. The van der Waals surface area contributed by atoms with Crippen LogP contribution in [-0.2, 0) is 21.2 Å². The molecule has 5 nitrogen and oxygen atoms in total. The number of amides is 1. The van der Waals surface area contributed by atoms with E-state index in [4.69, 9.17) is 0 Å². The summed E-state index contributed by atoms with van der Waals surface area (Å²) in [5, 5.41) is 2.81. The van der Waals surface area contributed by atoms with Gasteiger partial charge < -0.3 is 5.32 Å². The van der Waals surface area contributed by atoms with Crippen molar-refractivity contribution in [1.29, 1.82) is 0 Å². The summed E-state index contributed by atoms with van der Waals surface area (Å²) < 4.78 is 27.6. The second-order valence-electron chi connectivity index (χ2n) is 6.67. The molecule has 0 heterocycles. The summed E-state index contributed by atoms with van der Waals surface area (Å²) in [4.78, 5) is 13.9. The quantitative estimate of drug-likeness (QED) is 0.505. The third-order valence-electron chi connectivity index (χ3n) is 4.55. The van der Waals surface area contributed by atoms with Gasteiger partial charge in [0.15, 0.2) is 0 Å². The van der Waals surface area contributed by atoms with Crippen LogP contribution in [-0.4, -0.2) is 38.0 Å². The summed E-state index contributed by atoms with van der Waals surface area (Å²) in [6, 6.07) is 25.3. The molecular formula is C23H24N2O3S2. The number of nitrogens with zero attached hydrogens (tertiary/aromatic N) is 1. The number of benzene rings is 3. The lowest BCUT2D eigenvalue weighted by Crippen LogP contribution is -2.39. The molecule has 0 aliphatic carbocycles. The lowest BCUT2D eigenvalue weighted by Gasteiger charge is -2.22. The van der Waals surface area contributed by atoms with E-state index >= 15 is 0 Å². The van der Waals surface area contributed by atoms with Crippen LogP contribution in [0.3, 0.4) is 0 Å². The Labute approximate surface area is 182 Å². The molecule has 0 unspecified atom stereocenters. The van der Waals surface area contributed by atoms with Gasteiger partial charge in [-0.15, -0.1) is 11.8 Å². The highest BCUT2D eigenvalue weighted by Crippen LogP contribution is 2.20. The smallest absolute Gasteiger partial charge is 0.243 e. The predicted octanol–water partition coefficient (Wildman–Crippen LogP) is 4.28. The number of sulfonamides is 1. The fourth-order valence-corrected chi connectivity index (χ4v) is 4.86. The third-order valence-corrected chi connectivity index (χ3v) is 7.13. The molecule has 3 aromatic carbocycles. The average Bonchev–Trinajstić information content (AvgIpc) is 2.78. The molecule has 0 spiro atoms. The fraction of sp³-hybridized carbons (Fsp3) is 0.174. The van der Waals surface area contributed by atoms with Crippen molar-refractivity contribution in [2.75, 3.05) is 24.7 Å². The molecule has 0 bridgehead atoms. The van der Waals surface area contributed by atoms with E-state index in [9.17, 15) is 13.2 Å². The lowest BCUT2D eigenvalue weighted by atomic mass is 10.1. The zero-order chi connectivity index (χ0) is 21.4. The zero-order valence-corrected chi connectivity index (χ0v) is 18.3. The molecule has 1 N–H and O–H groups in total. The summed E-state index contributed by atoms with van der Waals surface area (Å²) in [6.45, 7) is -0.0485. The van der Waals surface area contributed by atoms with Crippen molar-refractivity contribution in [2.45, 2.75) is 16.2 Å². The first-order valence-electron chi connectivity index (χ1n) is 9.52. The molecule has 0 aromatic heterocycles. The molecular weight excluding hydrogens is 416 g/mol. The van der Waals surface area contributed by atoms with Gasteiger partial charge in [-0.2, -0.15) is 4.31 Å². The first-order valence-corrected chi connectivity index (χ1v) is 12.2. The Hall–Kier alpha value is -2.61. The molecule has 0 aliphatic rings. The maximum Gasteiger partial charge on any atom is 0.243 e. The molecule has 3 rings (SSSR count). The van der Waals surface area contributed by atoms with Crippen LogP contribution >= 0.6 is 11.8 Å². The normalized spacial score (nSPS) is 11.4. The van der Waals surface area contributed by atoms with Gasteiger partial charge >= 0.3 is 0 Å². The van der Waals surface area contributed by atoms with E-state index in [2.05, 4.69) is 5.32 Å². The van der Waals surface area contributed by atoms with Crippen molar-refractivity contribution >= 4 is 33.4 Å². The van der Waals surface area contributed by atoms with Gasteiger partial charge in [-0.05, 0) is 48.6 Å². The minimum absolute atomic E-state index is 0.176. The Morgan fingerprint density at radius 2 is 1.60 bits per heavy atom. The summed E-state index contributed by atoms with van der Waals surface area (Å²) in [6.07, 6.45) is 2.47. The Kier molecular flexibility index (Phi) is 7.68. The van der Waals surface area contributed by atoms with E-state index in [0.29, 0.717) is 12.1 Å². The highest BCUT2D eigenvalue weighted by atomic mass is 32.2. The molecule has 156 valence electrons. The van der Waals surface area contributed by atoms with Gasteiger partial charge in [-0.25, -0.2) is 8.42 Å². The second-order valence-corrected chi connectivity index (χ2v) is 9.48. The number of hydrogen-bond donors (Lipinski definition) is 1. The van der Waals surface area contributed by atoms with Gasteiger partial charge in [0.25, 0.3) is 0 Å². The van der Waals surface area contributed by atoms with E-state index in [0.717, 1.165) is 10.5 Å². The first-order chi connectivity index (χ1) is 14.5. The number of nitrogens with one attached hydrogen (secondary N) is 1. The van der Waals surface area contributed by atoms with Crippen LogP contribution in [0.25, 0.3) is 0 Å². The average molecular weight is 441 g/mol. The van der Waals surface area contributed by atoms with Gasteiger partial charge in [-0.3, -0.25) is 4.79 Å². The Balaban J connectivity index is 1.78. The standard InChI is InChI=1S/C23H24N2O3S2/c1-29-21-12-8-11-20(17-21)24-23(26)18-25(16-15-19-9-4-2-5-10-19)30(27,28)22-13-6-3-7-14-22/h2-14,17H,15-16,18H2,1H3,(H,24,26). The molecule has 0 fully saturated rings. The maximum atomic E-state index is 13.2. The molecule has 0 saturated carbocycles. The third kappa shape index (κ3) is 5.95. The highest BCUT2D eigenvalue weighted by Gasteiger charge is 2.26. The minimum atomic E-state index is -3.80. The number of hydrogen-bond acceptors (Lipinski definition) is 4. The minimum Gasteiger partial charge on any atom is -0.325 e. The molecule has 0 atom stereocenters.